The highest BCUT2D eigenvalue weighted by molar-refractivity contribution is 5.40. The van der Waals surface area contributed by atoms with Gasteiger partial charge in [-0.15, -0.1) is 6.58 Å². The molecule has 2 unspecified atom stereocenters. The minimum atomic E-state index is 0.788. The summed E-state index contributed by atoms with van der Waals surface area (Å²) in [6.45, 7) is 10.9. The first-order valence-electron chi connectivity index (χ1n) is 9.92. The molecule has 0 nitrogen and oxygen atoms in total. The van der Waals surface area contributed by atoms with Crippen LogP contribution in [0.25, 0.3) is 0 Å². The van der Waals surface area contributed by atoms with E-state index in [1.54, 1.807) is 22.3 Å². The van der Waals surface area contributed by atoms with E-state index in [1.165, 1.54) is 64.2 Å². The van der Waals surface area contributed by atoms with E-state index in [9.17, 15) is 0 Å². The van der Waals surface area contributed by atoms with Crippen molar-refractivity contribution in [3.63, 3.8) is 0 Å². The molecule has 1 aromatic rings. The molecular weight excluding hydrogens is 276 g/mol. The van der Waals surface area contributed by atoms with Gasteiger partial charge in [-0.25, -0.2) is 0 Å². The topological polar surface area (TPSA) is 0 Å². The van der Waals surface area contributed by atoms with Gasteiger partial charge >= 0.3 is 0 Å². The van der Waals surface area contributed by atoms with Gasteiger partial charge in [0.1, 0.15) is 0 Å². The number of rotatable bonds is 8. The van der Waals surface area contributed by atoms with Gasteiger partial charge < -0.3 is 0 Å². The van der Waals surface area contributed by atoms with Crippen molar-refractivity contribution in [2.75, 3.05) is 0 Å². The van der Waals surface area contributed by atoms with E-state index in [-0.39, 0.29) is 0 Å². The highest BCUT2D eigenvalue weighted by Crippen LogP contribution is 2.33. The monoisotopic (exact) mass is 312 g/mol. The molecule has 2 rings (SSSR count). The first kappa shape index (κ1) is 18.3. The molecule has 1 fully saturated rings. The maximum Gasteiger partial charge on any atom is -0.0234 e. The zero-order chi connectivity index (χ0) is 16.7. The van der Waals surface area contributed by atoms with Gasteiger partial charge in [0.25, 0.3) is 0 Å². The molecule has 1 saturated carbocycles. The maximum atomic E-state index is 4.00. The standard InChI is InChI=1S/C23H36/c1-5-10-22-16-15-21(18(4)23(22)7-3)14-9-13-20-12-8-11-19(6-2)17-20/h6,15-16,19-20H,2,5,7-14,17H2,1,3-4H3. The van der Waals surface area contributed by atoms with Gasteiger partial charge in [0.05, 0.1) is 0 Å². The SMILES string of the molecule is C=CC1CCCC(CCCc2ccc(CCC)c(CC)c2C)C1. The second kappa shape index (κ2) is 9.30. The number of hydrogen-bond acceptors (Lipinski definition) is 0. The second-order valence-corrected chi connectivity index (χ2v) is 7.51. The van der Waals surface area contributed by atoms with E-state index in [2.05, 4.69) is 45.6 Å². The normalized spacial score (nSPS) is 21.3. The molecule has 0 bridgehead atoms. The van der Waals surface area contributed by atoms with E-state index < -0.39 is 0 Å². The Labute approximate surface area is 144 Å². The first-order valence-corrected chi connectivity index (χ1v) is 9.92. The lowest BCUT2D eigenvalue weighted by molar-refractivity contribution is 0.285. The van der Waals surface area contributed by atoms with Gasteiger partial charge in [-0.1, -0.05) is 57.7 Å². The van der Waals surface area contributed by atoms with Crippen molar-refractivity contribution >= 4 is 0 Å². The Hall–Kier alpha value is -1.04. The second-order valence-electron chi connectivity index (χ2n) is 7.51. The van der Waals surface area contributed by atoms with Gasteiger partial charge in [-0.2, -0.15) is 0 Å². The van der Waals surface area contributed by atoms with Crippen LogP contribution in [0.5, 0.6) is 0 Å². The molecule has 2 atom stereocenters. The summed E-state index contributed by atoms with van der Waals surface area (Å²) >= 11 is 0. The van der Waals surface area contributed by atoms with Gasteiger partial charge in [0, 0.05) is 0 Å². The summed E-state index contributed by atoms with van der Waals surface area (Å²) in [6.07, 6.45) is 15.5. The Morgan fingerprint density at radius 3 is 2.61 bits per heavy atom. The molecule has 1 aromatic carbocycles. The Morgan fingerprint density at radius 2 is 1.91 bits per heavy atom. The molecule has 0 spiro atoms. The fraction of sp³-hybridized carbons (Fsp3) is 0.652. The quantitative estimate of drug-likeness (QED) is 0.462. The fourth-order valence-corrected chi connectivity index (χ4v) is 4.52. The zero-order valence-corrected chi connectivity index (χ0v) is 15.7. The fourth-order valence-electron chi connectivity index (χ4n) is 4.52. The predicted molar refractivity (Wildman–Crippen MR) is 103 cm³/mol. The predicted octanol–water partition coefficient (Wildman–Crippen LogP) is 6.83. The molecular formula is C23H36. The summed E-state index contributed by atoms with van der Waals surface area (Å²) < 4.78 is 0. The van der Waals surface area contributed by atoms with Crippen LogP contribution in [0.3, 0.4) is 0 Å². The van der Waals surface area contributed by atoms with Crippen LogP contribution < -0.4 is 0 Å². The Kier molecular flexibility index (Phi) is 7.40. The smallest absolute Gasteiger partial charge is 0.0234 e. The third-order valence-corrected chi connectivity index (χ3v) is 5.90. The van der Waals surface area contributed by atoms with Crippen molar-refractivity contribution in [2.24, 2.45) is 11.8 Å². The van der Waals surface area contributed by atoms with Crippen molar-refractivity contribution in [1.82, 2.24) is 0 Å². The van der Waals surface area contributed by atoms with Crippen molar-refractivity contribution in [2.45, 2.75) is 85.0 Å². The van der Waals surface area contributed by atoms with Crippen LogP contribution in [-0.4, -0.2) is 0 Å². The van der Waals surface area contributed by atoms with Crippen LogP contribution in [0, 0.1) is 18.8 Å². The summed E-state index contributed by atoms with van der Waals surface area (Å²) in [5.74, 6) is 1.73. The average Bonchev–Trinajstić information content (AvgIpc) is 2.57. The third-order valence-electron chi connectivity index (χ3n) is 5.90. The third kappa shape index (κ3) is 4.96. The molecule has 0 aromatic heterocycles. The van der Waals surface area contributed by atoms with Gasteiger partial charge in [-0.05, 0) is 79.5 Å². The summed E-state index contributed by atoms with van der Waals surface area (Å²) in [5.41, 5.74) is 6.37. The van der Waals surface area contributed by atoms with Crippen molar-refractivity contribution < 1.29 is 0 Å². The molecule has 23 heavy (non-hydrogen) atoms. The number of aryl methyl sites for hydroxylation is 2. The van der Waals surface area contributed by atoms with Crippen LogP contribution in [0.15, 0.2) is 24.8 Å². The van der Waals surface area contributed by atoms with Crippen molar-refractivity contribution in [3.05, 3.63) is 47.0 Å². The lowest BCUT2D eigenvalue weighted by Crippen LogP contribution is -2.14. The minimum Gasteiger partial charge on any atom is -0.103 e. The summed E-state index contributed by atoms with van der Waals surface area (Å²) in [4.78, 5) is 0. The van der Waals surface area contributed by atoms with Crippen LogP contribution in [0.1, 0.15) is 81.0 Å². The van der Waals surface area contributed by atoms with E-state index in [0.29, 0.717) is 0 Å². The van der Waals surface area contributed by atoms with Gasteiger partial charge in [0.15, 0.2) is 0 Å². The molecule has 128 valence electrons. The van der Waals surface area contributed by atoms with Crippen molar-refractivity contribution in [1.29, 1.82) is 0 Å². The lowest BCUT2D eigenvalue weighted by atomic mass is 9.79. The molecule has 0 radical (unpaired) electrons. The molecule has 0 heteroatoms. The molecule has 0 saturated heterocycles. The molecule has 0 aliphatic heterocycles. The molecule has 0 amide bonds. The number of hydrogen-bond donors (Lipinski definition) is 0. The number of benzene rings is 1. The molecule has 0 heterocycles. The molecule has 1 aliphatic rings. The van der Waals surface area contributed by atoms with Gasteiger partial charge in [-0.3, -0.25) is 0 Å². The van der Waals surface area contributed by atoms with E-state index in [1.807, 2.05) is 0 Å². The van der Waals surface area contributed by atoms with Gasteiger partial charge in [0.2, 0.25) is 0 Å². The molecule has 1 aliphatic carbocycles. The molecule has 0 N–H and O–H groups in total. The maximum absolute atomic E-state index is 4.00. The summed E-state index contributed by atoms with van der Waals surface area (Å²) in [5, 5.41) is 0. The van der Waals surface area contributed by atoms with Crippen LogP contribution >= 0.6 is 0 Å². The van der Waals surface area contributed by atoms with Crippen LogP contribution in [-0.2, 0) is 19.3 Å². The lowest BCUT2D eigenvalue weighted by Gasteiger charge is -2.27. The first-order chi connectivity index (χ1) is 11.2. The summed E-state index contributed by atoms with van der Waals surface area (Å²) in [6, 6.07) is 4.81. The van der Waals surface area contributed by atoms with Crippen molar-refractivity contribution in [3.8, 4) is 0 Å². The average molecular weight is 313 g/mol. The Balaban J connectivity index is 1.91. The highest BCUT2D eigenvalue weighted by atomic mass is 14.2. The summed E-state index contributed by atoms with van der Waals surface area (Å²) in [7, 11) is 0. The Morgan fingerprint density at radius 1 is 1.13 bits per heavy atom. The Bertz CT molecular complexity index is 497. The highest BCUT2D eigenvalue weighted by Gasteiger charge is 2.19. The van der Waals surface area contributed by atoms with E-state index in [0.717, 1.165) is 11.8 Å². The van der Waals surface area contributed by atoms with E-state index >= 15 is 0 Å². The minimum absolute atomic E-state index is 0.788. The number of allylic oxidation sites excluding steroid dienone is 1. The van der Waals surface area contributed by atoms with Crippen LogP contribution in [0.4, 0.5) is 0 Å². The zero-order valence-electron chi connectivity index (χ0n) is 15.7. The van der Waals surface area contributed by atoms with E-state index in [4.69, 9.17) is 0 Å². The largest absolute Gasteiger partial charge is 0.103 e. The van der Waals surface area contributed by atoms with Crippen LogP contribution in [0.2, 0.25) is 0 Å².